The number of hydrogen-bond acceptors (Lipinski definition) is 0. The molecule has 0 bridgehead atoms. The topological polar surface area (TPSA) is 0 Å². The van der Waals surface area contributed by atoms with Gasteiger partial charge in [0, 0.05) is 0 Å². The molecule has 1 rings (SSSR count). The molecule has 1 heteroatoms. The summed E-state index contributed by atoms with van der Waals surface area (Å²) in [5, 5.41) is 0. The third-order valence-electron chi connectivity index (χ3n) is 1.12. The molecule has 0 amide bonds. The molecule has 50 valence electrons. The van der Waals surface area contributed by atoms with E-state index >= 15 is 0 Å². The normalized spacial score (nSPS) is 7.40. The van der Waals surface area contributed by atoms with Gasteiger partial charge in [-0.25, -0.2) is 0 Å². The molecule has 0 saturated heterocycles. The minimum absolute atomic E-state index is 0. The van der Waals surface area contributed by atoms with Crippen molar-refractivity contribution in [1.82, 2.24) is 0 Å². The molecule has 0 unspecified atom stereocenters. The molecule has 0 aromatic heterocycles. The molecule has 0 atom stereocenters. The molecule has 0 aliphatic rings. The van der Waals surface area contributed by atoms with Crippen LogP contribution in [0.2, 0.25) is 0 Å². The van der Waals surface area contributed by atoms with E-state index in [1.807, 2.05) is 13.0 Å². The van der Waals surface area contributed by atoms with Crippen LogP contribution < -0.4 is 0 Å². The van der Waals surface area contributed by atoms with E-state index in [0.717, 1.165) is 0 Å². The Hall–Kier alpha value is -0.0138. The first-order valence-electron chi connectivity index (χ1n) is 2.74. The van der Waals surface area contributed by atoms with E-state index < -0.39 is 0 Å². The molecule has 0 radical (unpaired) electrons. The Morgan fingerprint density at radius 3 is 2.10 bits per heavy atom. The smallest absolute Gasteiger partial charge is 0.358 e. The predicted molar refractivity (Wildman–Crippen MR) is 46.9 cm³/mol. The average molecular weight is 144 g/mol. The van der Waals surface area contributed by atoms with E-state index in [0.29, 0.717) is 0 Å². The average Bonchev–Trinajstić information content (AvgIpc) is 1.77. The second kappa shape index (κ2) is 5.75. The SMILES string of the molecule is Cc1[c-]cc(C)cc1.[CH3-].[Mg+2]. The zero-order valence-corrected chi connectivity index (χ0v) is 8.35. The Morgan fingerprint density at radius 2 is 1.80 bits per heavy atom. The van der Waals surface area contributed by atoms with Gasteiger partial charge in [-0.15, -0.1) is 0 Å². The van der Waals surface area contributed by atoms with Crippen molar-refractivity contribution in [2.45, 2.75) is 13.8 Å². The van der Waals surface area contributed by atoms with E-state index in [1.165, 1.54) is 11.1 Å². The molecule has 10 heavy (non-hydrogen) atoms. The van der Waals surface area contributed by atoms with Gasteiger partial charge in [0.1, 0.15) is 0 Å². The molecule has 0 aliphatic carbocycles. The Labute approximate surface area is 79.8 Å². The summed E-state index contributed by atoms with van der Waals surface area (Å²) < 4.78 is 0. The van der Waals surface area contributed by atoms with Crippen LogP contribution in [0.5, 0.6) is 0 Å². The number of benzene rings is 1. The first kappa shape index (κ1) is 12.6. The summed E-state index contributed by atoms with van der Waals surface area (Å²) in [6, 6.07) is 9.25. The third-order valence-corrected chi connectivity index (χ3v) is 1.12. The summed E-state index contributed by atoms with van der Waals surface area (Å²) in [5.74, 6) is 0. The van der Waals surface area contributed by atoms with Gasteiger partial charge >= 0.3 is 23.1 Å². The van der Waals surface area contributed by atoms with Crippen molar-refractivity contribution >= 4 is 23.1 Å². The molecular weight excluding hydrogens is 132 g/mol. The zero-order valence-electron chi connectivity index (χ0n) is 6.94. The van der Waals surface area contributed by atoms with Crippen molar-refractivity contribution in [1.29, 1.82) is 0 Å². The summed E-state index contributed by atoms with van der Waals surface area (Å²) in [6.45, 7) is 4.11. The molecule has 0 heterocycles. The van der Waals surface area contributed by atoms with E-state index in [4.69, 9.17) is 0 Å². The van der Waals surface area contributed by atoms with Crippen molar-refractivity contribution in [3.8, 4) is 0 Å². The maximum Gasteiger partial charge on any atom is 2.00 e. The first-order valence-corrected chi connectivity index (χ1v) is 2.74. The van der Waals surface area contributed by atoms with Crippen molar-refractivity contribution in [3.05, 3.63) is 42.8 Å². The molecule has 0 spiro atoms. The van der Waals surface area contributed by atoms with Crippen molar-refractivity contribution in [2.75, 3.05) is 0 Å². The molecule has 0 N–H and O–H groups in total. The predicted octanol–water partition coefficient (Wildman–Crippen LogP) is 2.17. The number of aryl methyl sites for hydroxylation is 2. The fourth-order valence-electron chi connectivity index (χ4n) is 0.580. The van der Waals surface area contributed by atoms with E-state index in [-0.39, 0.29) is 30.5 Å². The fraction of sp³-hybridized carbons (Fsp3) is 0.222. The summed E-state index contributed by atoms with van der Waals surface area (Å²) >= 11 is 0. The van der Waals surface area contributed by atoms with Crippen molar-refractivity contribution < 1.29 is 0 Å². The minimum atomic E-state index is 0. The Morgan fingerprint density at radius 1 is 1.20 bits per heavy atom. The summed E-state index contributed by atoms with van der Waals surface area (Å²) in [6.07, 6.45) is 0. The maximum absolute atomic E-state index is 3.10. The second-order valence-corrected chi connectivity index (χ2v) is 2.05. The van der Waals surface area contributed by atoms with Crippen LogP contribution in [0.25, 0.3) is 0 Å². The van der Waals surface area contributed by atoms with Gasteiger partial charge in [-0.1, -0.05) is 13.8 Å². The number of rotatable bonds is 0. The first-order chi connectivity index (χ1) is 3.79. The van der Waals surface area contributed by atoms with Crippen LogP contribution in [-0.2, 0) is 0 Å². The monoisotopic (exact) mass is 144 g/mol. The number of hydrogen-bond donors (Lipinski definition) is 0. The maximum atomic E-state index is 3.10. The van der Waals surface area contributed by atoms with Crippen LogP contribution in [0.3, 0.4) is 0 Å². The van der Waals surface area contributed by atoms with Gasteiger partial charge in [0.25, 0.3) is 0 Å². The van der Waals surface area contributed by atoms with Gasteiger partial charge in [-0.2, -0.15) is 35.4 Å². The van der Waals surface area contributed by atoms with Crippen LogP contribution in [-0.4, -0.2) is 23.1 Å². The molecule has 0 aliphatic heterocycles. The summed E-state index contributed by atoms with van der Waals surface area (Å²) in [4.78, 5) is 0. The zero-order chi connectivity index (χ0) is 5.98. The standard InChI is InChI=1S/C8H9.CH3.Mg/c1-7-3-5-8(2)6-4-7;;/h3-5H,1-2H3;1H3;/q2*-1;+2. The van der Waals surface area contributed by atoms with E-state index in [2.05, 4.69) is 25.1 Å². The summed E-state index contributed by atoms with van der Waals surface area (Å²) in [5.41, 5.74) is 2.48. The van der Waals surface area contributed by atoms with Crippen molar-refractivity contribution in [2.24, 2.45) is 0 Å². The molecule has 0 fully saturated rings. The third kappa shape index (κ3) is 3.91. The second-order valence-electron chi connectivity index (χ2n) is 2.05. The fourth-order valence-corrected chi connectivity index (χ4v) is 0.580. The van der Waals surface area contributed by atoms with E-state index in [1.54, 1.807) is 0 Å². The van der Waals surface area contributed by atoms with Crippen molar-refractivity contribution in [3.63, 3.8) is 0 Å². The molecular formula is C9H12Mg. The molecule has 1 aromatic rings. The van der Waals surface area contributed by atoms with Gasteiger partial charge in [-0.3, -0.25) is 0 Å². The van der Waals surface area contributed by atoms with Gasteiger partial charge in [0.15, 0.2) is 0 Å². The van der Waals surface area contributed by atoms with E-state index in [9.17, 15) is 0 Å². The minimum Gasteiger partial charge on any atom is -0.358 e. The van der Waals surface area contributed by atoms with Gasteiger partial charge in [-0.05, 0) is 0 Å². The molecule has 0 saturated carbocycles. The molecule has 1 aromatic carbocycles. The van der Waals surface area contributed by atoms with Crippen LogP contribution >= 0.6 is 0 Å². The van der Waals surface area contributed by atoms with Crippen LogP contribution in [0.4, 0.5) is 0 Å². The van der Waals surface area contributed by atoms with Gasteiger partial charge in [0.2, 0.25) is 0 Å². The van der Waals surface area contributed by atoms with Crippen LogP contribution in [0, 0.1) is 27.3 Å². The Balaban J connectivity index is 0. The quantitative estimate of drug-likeness (QED) is 0.387. The Bertz CT molecular complexity index is 144. The van der Waals surface area contributed by atoms with Crippen LogP contribution in [0.1, 0.15) is 11.1 Å². The van der Waals surface area contributed by atoms with Gasteiger partial charge in [0.05, 0.1) is 0 Å². The Kier molecular flexibility index (Phi) is 7.27. The largest absolute Gasteiger partial charge is 2.00 e. The van der Waals surface area contributed by atoms with Gasteiger partial charge < -0.3 is 7.43 Å². The summed E-state index contributed by atoms with van der Waals surface area (Å²) in [7, 11) is 0. The van der Waals surface area contributed by atoms with Crippen LogP contribution in [0.15, 0.2) is 18.2 Å². The molecule has 0 nitrogen and oxygen atoms in total.